The van der Waals surface area contributed by atoms with Crippen molar-refractivity contribution in [3.63, 3.8) is 0 Å². The van der Waals surface area contributed by atoms with E-state index in [1.165, 1.54) is 27.7 Å². The van der Waals surface area contributed by atoms with Gasteiger partial charge < -0.3 is 28.4 Å². The topological polar surface area (TPSA) is 158 Å². The predicted molar refractivity (Wildman–Crippen MR) is 164 cm³/mol. The predicted octanol–water partition coefficient (Wildman–Crippen LogP) is 4.37. The second-order valence-corrected chi connectivity index (χ2v) is 12.2. The van der Waals surface area contributed by atoms with E-state index in [0.29, 0.717) is 6.42 Å². The highest BCUT2D eigenvalue weighted by atomic mass is 16.6. The summed E-state index contributed by atoms with van der Waals surface area (Å²) in [4.78, 5) is 72.6. The number of carbonyl (C=O) groups is 6. The summed E-state index contributed by atoms with van der Waals surface area (Å²) in [7, 11) is 0. The van der Waals surface area contributed by atoms with Gasteiger partial charge in [0.25, 0.3) is 0 Å². The minimum absolute atomic E-state index is 0.0208. The largest absolute Gasteiger partial charge is 0.465 e. The molecule has 0 aromatic heterocycles. The number of hydrogen-bond acceptors (Lipinski definition) is 12. The highest BCUT2D eigenvalue weighted by Crippen LogP contribution is 2.23. The highest BCUT2D eigenvalue weighted by molar-refractivity contribution is 5.88. The van der Waals surface area contributed by atoms with Crippen LogP contribution in [0.25, 0.3) is 0 Å². The molecule has 0 bridgehead atoms. The van der Waals surface area contributed by atoms with Crippen molar-refractivity contribution < 1.29 is 57.2 Å². The minimum Gasteiger partial charge on any atom is -0.465 e. The maximum absolute atomic E-state index is 12.6. The van der Waals surface area contributed by atoms with Gasteiger partial charge in [0.05, 0.1) is 10.8 Å². The maximum atomic E-state index is 12.6. The Bertz CT molecular complexity index is 1100. The maximum Gasteiger partial charge on any atom is 0.333 e. The molecule has 45 heavy (non-hydrogen) atoms. The molecule has 0 radical (unpaired) electrons. The quantitative estimate of drug-likeness (QED) is 0.0997. The van der Waals surface area contributed by atoms with Gasteiger partial charge in [-0.1, -0.05) is 33.2 Å². The van der Waals surface area contributed by atoms with Crippen LogP contribution in [-0.4, -0.2) is 75.5 Å². The van der Waals surface area contributed by atoms with Crippen molar-refractivity contribution in [1.82, 2.24) is 0 Å². The van der Waals surface area contributed by atoms with Gasteiger partial charge in [-0.15, -0.1) is 0 Å². The molecule has 0 fully saturated rings. The van der Waals surface area contributed by atoms with Gasteiger partial charge in [-0.25, -0.2) is 19.2 Å². The summed E-state index contributed by atoms with van der Waals surface area (Å²) in [5.41, 5.74) is -1.34. The molecule has 252 valence electrons. The fraction of sp³-hybridized carbons (Fsp3) is 0.576. The van der Waals surface area contributed by atoms with Crippen LogP contribution < -0.4 is 0 Å². The number of esters is 6. The van der Waals surface area contributed by atoms with Gasteiger partial charge in [0.1, 0.15) is 39.6 Å². The smallest absolute Gasteiger partial charge is 0.333 e. The molecule has 0 N–H and O–H groups in total. The molecule has 0 heterocycles. The van der Waals surface area contributed by atoms with Crippen molar-refractivity contribution in [1.29, 1.82) is 0 Å². The van der Waals surface area contributed by atoms with Gasteiger partial charge >= 0.3 is 35.8 Å². The third-order valence-corrected chi connectivity index (χ3v) is 6.12. The molecule has 1 atom stereocenters. The van der Waals surface area contributed by atoms with Crippen LogP contribution in [0, 0.1) is 16.7 Å². The first-order valence-corrected chi connectivity index (χ1v) is 14.3. The molecule has 0 saturated carbocycles. The monoisotopic (exact) mass is 636 g/mol. The Morgan fingerprint density at radius 1 is 0.511 bits per heavy atom. The van der Waals surface area contributed by atoms with Crippen molar-refractivity contribution in [3.05, 3.63) is 48.6 Å². The summed E-state index contributed by atoms with van der Waals surface area (Å²) in [6.07, 6.45) is 0.253. The van der Waals surface area contributed by atoms with E-state index in [2.05, 4.69) is 26.3 Å². The minimum atomic E-state index is -1.04. The zero-order valence-electron chi connectivity index (χ0n) is 27.7. The summed E-state index contributed by atoms with van der Waals surface area (Å²) in [6, 6.07) is 0. The van der Waals surface area contributed by atoms with Crippen LogP contribution in [0.3, 0.4) is 0 Å². The van der Waals surface area contributed by atoms with Gasteiger partial charge in [0.15, 0.2) is 0 Å². The average Bonchev–Trinajstić information content (AvgIpc) is 2.96. The second-order valence-electron chi connectivity index (χ2n) is 12.2. The first-order chi connectivity index (χ1) is 20.7. The summed E-state index contributed by atoms with van der Waals surface area (Å²) < 4.78 is 31.6. The van der Waals surface area contributed by atoms with Crippen LogP contribution in [-0.2, 0) is 57.2 Å². The lowest BCUT2D eigenvalue weighted by molar-refractivity contribution is -0.161. The van der Waals surface area contributed by atoms with Crippen LogP contribution in [0.15, 0.2) is 48.6 Å². The fourth-order valence-corrected chi connectivity index (χ4v) is 3.09. The summed E-state index contributed by atoms with van der Waals surface area (Å²) >= 11 is 0. The van der Waals surface area contributed by atoms with Crippen molar-refractivity contribution >= 4 is 35.8 Å². The molecule has 0 spiro atoms. The van der Waals surface area contributed by atoms with Crippen LogP contribution in [0.2, 0.25) is 0 Å². The third-order valence-electron chi connectivity index (χ3n) is 6.12. The highest BCUT2D eigenvalue weighted by Gasteiger charge is 2.32. The van der Waals surface area contributed by atoms with Crippen molar-refractivity contribution in [2.45, 2.75) is 67.7 Å². The Morgan fingerprint density at radius 2 is 0.778 bits per heavy atom. The van der Waals surface area contributed by atoms with Gasteiger partial charge in [-0.3, -0.25) is 9.59 Å². The van der Waals surface area contributed by atoms with E-state index in [0.717, 1.165) is 0 Å². The lowest BCUT2D eigenvalue weighted by Crippen LogP contribution is -2.37. The van der Waals surface area contributed by atoms with Crippen molar-refractivity contribution in [2.24, 2.45) is 16.7 Å². The molecule has 0 saturated heterocycles. The molecular formula is C33H48O12. The zero-order valence-corrected chi connectivity index (χ0v) is 27.7. The number of carbonyl (C=O) groups excluding carboxylic acids is 6. The first kappa shape index (κ1) is 40.8. The van der Waals surface area contributed by atoms with E-state index in [9.17, 15) is 28.8 Å². The molecule has 0 aliphatic rings. The lowest BCUT2D eigenvalue weighted by Gasteiger charge is -2.28. The first-order valence-electron chi connectivity index (χ1n) is 14.3. The third kappa shape index (κ3) is 17.6. The Kier molecular flexibility index (Phi) is 17.4. The van der Waals surface area contributed by atoms with Gasteiger partial charge in [-0.05, 0) is 53.9 Å². The van der Waals surface area contributed by atoms with E-state index in [1.807, 2.05) is 0 Å². The lowest BCUT2D eigenvalue weighted by atomic mass is 9.94. The number of hydrogen-bond donors (Lipinski definition) is 0. The van der Waals surface area contributed by atoms with Crippen LogP contribution in [0.1, 0.15) is 67.7 Å². The molecule has 0 aromatic carbocycles. The van der Waals surface area contributed by atoms with Gasteiger partial charge in [0.2, 0.25) is 0 Å². The molecular weight excluding hydrogens is 588 g/mol. The molecule has 12 heteroatoms. The van der Waals surface area contributed by atoms with E-state index in [4.69, 9.17) is 28.4 Å². The standard InChI is InChI=1S/C33H48O12/c1-21(2)28(36)42-17-32(10,18-43-29(37)22(3)4)15-40-26(34)13-12-25(9)14-27(35)41-16-33(11,19-44-30(38)23(5)6)20-45-31(39)24(7)8/h25H,1,3,5,7,12-20H2,2,4,6,8-11H3. The van der Waals surface area contributed by atoms with E-state index < -0.39 is 46.6 Å². The normalized spacial score (nSPS) is 11.7. The number of rotatable bonds is 21. The Morgan fingerprint density at radius 3 is 1.07 bits per heavy atom. The van der Waals surface area contributed by atoms with Crippen LogP contribution in [0.4, 0.5) is 0 Å². The molecule has 0 rings (SSSR count). The molecule has 0 aromatic rings. The zero-order chi connectivity index (χ0) is 35.0. The van der Waals surface area contributed by atoms with Crippen molar-refractivity contribution in [2.75, 3.05) is 39.6 Å². The summed E-state index contributed by atoms with van der Waals surface area (Å²) in [5, 5.41) is 0. The average molecular weight is 637 g/mol. The SMILES string of the molecule is C=C(C)C(=O)OCC(C)(COC(=O)CCC(C)CC(=O)OCC(C)(COC(=O)C(=C)C)COC(=O)C(=C)C)COC(=O)C(=C)C. The van der Waals surface area contributed by atoms with Gasteiger partial charge in [0, 0.05) is 35.1 Å². The van der Waals surface area contributed by atoms with E-state index in [1.54, 1.807) is 20.8 Å². The van der Waals surface area contributed by atoms with E-state index in [-0.39, 0.29) is 80.7 Å². The summed E-state index contributed by atoms with van der Waals surface area (Å²) in [6.45, 7) is 23.8. The molecule has 0 aliphatic heterocycles. The number of ether oxygens (including phenoxy) is 6. The molecule has 0 aliphatic carbocycles. The van der Waals surface area contributed by atoms with Gasteiger partial charge in [-0.2, -0.15) is 0 Å². The molecule has 1 unspecified atom stereocenters. The molecule has 0 amide bonds. The Hall–Kier alpha value is -4.22. The summed E-state index contributed by atoms with van der Waals surface area (Å²) in [5.74, 6) is -3.95. The van der Waals surface area contributed by atoms with Crippen LogP contribution >= 0.6 is 0 Å². The van der Waals surface area contributed by atoms with Crippen LogP contribution in [0.5, 0.6) is 0 Å². The second kappa shape index (κ2) is 19.2. The Labute approximate surface area is 265 Å². The van der Waals surface area contributed by atoms with Crippen molar-refractivity contribution in [3.8, 4) is 0 Å². The Balaban J connectivity index is 5.02. The molecule has 12 nitrogen and oxygen atoms in total. The van der Waals surface area contributed by atoms with E-state index >= 15 is 0 Å². The fourth-order valence-electron chi connectivity index (χ4n) is 3.09.